The first kappa shape index (κ1) is 11.3. The maximum atomic E-state index is 11.5. The fourth-order valence-corrected chi connectivity index (χ4v) is 1.50. The standard InChI is InChI=1S/C11H13N5O/c1-8-5-13-11(17)16(6-8)7-9-3-2-4-10(14-9)15-12/h2-6H,7,12H2,1H3,(H,14,15). The first-order valence-electron chi connectivity index (χ1n) is 5.14. The van der Waals surface area contributed by atoms with E-state index >= 15 is 0 Å². The Morgan fingerprint density at radius 2 is 2.29 bits per heavy atom. The molecule has 17 heavy (non-hydrogen) atoms. The number of hydrogen-bond acceptors (Lipinski definition) is 5. The Bertz CT molecular complexity index is 578. The summed E-state index contributed by atoms with van der Waals surface area (Å²) in [5.41, 5.74) is 3.85. The van der Waals surface area contributed by atoms with E-state index in [1.54, 1.807) is 18.5 Å². The second-order valence-corrected chi connectivity index (χ2v) is 3.70. The number of pyridine rings is 1. The zero-order valence-electron chi connectivity index (χ0n) is 9.42. The van der Waals surface area contributed by atoms with Crippen molar-refractivity contribution in [1.82, 2.24) is 14.5 Å². The predicted molar refractivity (Wildman–Crippen MR) is 64.4 cm³/mol. The molecule has 0 unspecified atom stereocenters. The lowest BCUT2D eigenvalue weighted by Crippen LogP contribution is -2.23. The van der Waals surface area contributed by atoms with Crippen LogP contribution in [0.1, 0.15) is 11.3 Å². The van der Waals surface area contributed by atoms with Gasteiger partial charge in [-0.2, -0.15) is 0 Å². The smallest absolute Gasteiger partial charge is 0.308 e. The van der Waals surface area contributed by atoms with E-state index in [0.717, 1.165) is 11.3 Å². The van der Waals surface area contributed by atoms with Gasteiger partial charge in [0.05, 0.1) is 12.2 Å². The number of anilines is 1. The van der Waals surface area contributed by atoms with Crippen LogP contribution in [-0.2, 0) is 6.54 Å². The molecular formula is C11H13N5O. The summed E-state index contributed by atoms with van der Waals surface area (Å²) in [6.07, 6.45) is 3.30. The monoisotopic (exact) mass is 231 g/mol. The minimum atomic E-state index is -0.288. The lowest BCUT2D eigenvalue weighted by Gasteiger charge is -2.06. The molecule has 0 radical (unpaired) electrons. The lowest BCUT2D eigenvalue weighted by atomic mass is 10.3. The minimum Gasteiger partial charge on any atom is -0.308 e. The Labute approximate surface area is 98.1 Å². The van der Waals surface area contributed by atoms with Gasteiger partial charge in [0.15, 0.2) is 0 Å². The summed E-state index contributed by atoms with van der Waals surface area (Å²) in [4.78, 5) is 19.5. The van der Waals surface area contributed by atoms with Gasteiger partial charge in [-0.05, 0) is 24.6 Å². The van der Waals surface area contributed by atoms with Crippen molar-refractivity contribution in [2.45, 2.75) is 13.5 Å². The van der Waals surface area contributed by atoms with E-state index in [2.05, 4.69) is 15.4 Å². The summed E-state index contributed by atoms with van der Waals surface area (Å²) in [6.45, 7) is 2.26. The molecule has 2 aromatic heterocycles. The molecule has 0 fully saturated rings. The van der Waals surface area contributed by atoms with Crippen LogP contribution >= 0.6 is 0 Å². The maximum Gasteiger partial charge on any atom is 0.347 e. The highest BCUT2D eigenvalue weighted by Gasteiger charge is 2.01. The number of hydrazine groups is 1. The van der Waals surface area contributed by atoms with Gasteiger partial charge >= 0.3 is 5.69 Å². The normalized spacial score (nSPS) is 10.2. The second-order valence-electron chi connectivity index (χ2n) is 3.70. The van der Waals surface area contributed by atoms with Crippen LogP contribution < -0.4 is 17.0 Å². The van der Waals surface area contributed by atoms with Crippen molar-refractivity contribution in [3.8, 4) is 0 Å². The minimum absolute atomic E-state index is 0.288. The van der Waals surface area contributed by atoms with Crippen LogP contribution in [0, 0.1) is 6.92 Å². The molecule has 0 aliphatic heterocycles. The average Bonchev–Trinajstić information content (AvgIpc) is 2.34. The molecule has 0 saturated heterocycles. The highest BCUT2D eigenvalue weighted by Crippen LogP contribution is 2.04. The summed E-state index contributed by atoms with van der Waals surface area (Å²) in [7, 11) is 0. The van der Waals surface area contributed by atoms with E-state index in [1.807, 2.05) is 19.1 Å². The molecule has 0 amide bonds. The third-order valence-corrected chi connectivity index (χ3v) is 2.27. The zero-order chi connectivity index (χ0) is 12.3. The van der Waals surface area contributed by atoms with Crippen molar-refractivity contribution in [2.75, 3.05) is 5.43 Å². The summed E-state index contributed by atoms with van der Waals surface area (Å²) in [5.74, 6) is 5.84. The molecule has 88 valence electrons. The molecule has 3 N–H and O–H groups in total. The summed E-state index contributed by atoms with van der Waals surface area (Å²) in [5, 5.41) is 0. The average molecular weight is 231 g/mol. The van der Waals surface area contributed by atoms with Gasteiger partial charge in [-0.3, -0.25) is 4.57 Å². The molecule has 0 aliphatic carbocycles. The van der Waals surface area contributed by atoms with Crippen molar-refractivity contribution in [1.29, 1.82) is 0 Å². The van der Waals surface area contributed by atoms with Crippen LogP contribution in [0.15, 0.2) is 35.4 Å². The first-order chi connectivity index (χ1) is 8.19. The van der Waals surface area contributed by atoms with Crippen LogP contribution in [0.4, 0.5) is 5.82 Å². The lowest BCUT2D eigenvalue weighted by molar-refractivity contribution is 0.706. The van der Waals surface area contributed by atoms with Crippen LogP contribution in [-0.4, -0.2) is 14.5 Å². The molecule has 0 atom stereocenters. The van der Waals surface area contributed by atoms with E-state index in [1.165, 1.54) is 4.57 Å². The predicted octanol–water partition coefficient (Wildman–Crippen LogP) is 0.281. The van der Waals surface area contributed by atoms with Crippen molar-refractivity contribution in [3.05, 3.63) is 52.3 Å². The molecular weight excluding hydrogens is 218 g/mol. The SMILES string of the molecule is Cc1cnc(=O)n(Cc2cccc(NN)n2)c1. The summed E-state index contributed by atoms with van der Waals surface area (Å²) >= 11 is 0. The quantitative estimate of drug-likeness (QED) is 0.585. The fraction of sp³-hybridized carbons (Fsp3) is 0.182. The van der Waals surface area contributed by atoms with Gasteiger partial charge in [-0.1, -0.05) is 6.07 Å². The van der Waals surface area contributed by atoms with E-state index in [0.29, 0.717) is 12.4 Å². The Morgan fingerprint density at radius 3 is 3.06 bits per heavy atom. The van der Waals surface area contributed by atoms with Gasteiger partial charge in [-0.25, -0.2) is 20.6 Å². The van der Waals surface area contributed by atoms with Gasteiger partial charge in [0.25, 0.3) is 0 Å². The van der Waals surface area contributed by atoms with Crippen molar-refractivity contribution < 1.29 is 0 Å². The largest absolute Gasteiger partial charge is 0.347 e. The van der Waals surface area contributed by atoms with Gasteiger partial charge in [0.1, 0.15) is 5.82 Å². The van der Waals surface area contributed by atoms with E-state index in [9.17, 15) is 4.79 Å². The number of hydrogen-bond donors (Lipinski definition) is 2. The van der Waals surface area contributed by atoms with E-state index in [-0.39, 0.29) is 5.69 Å². The second kappa shape index (κ2) is 4.75. The number of aryl methyl sites for hydroxylation is 1. The fourth-order valence-electron chi connectivity index (χ4n) is 1.50. The highest BCUT2D eigenvalue weighted by atomic mass is 16.1. The van der Waals surface area contributed by atoms with Crippen LogP contribution in [0.25, 0.3) is 0 Å². The maximum absolute atomic E-state index is 11.5. The molecule has 6 nitrogen and oxygen atoms in total. The highest BCUT2D eigenvalue weighted by molar-refractivity contribution is 5.33. The molecule has 2 rings (SSSR count). The van der Waals surface area contributed by atoms with Gasteiger partial charge < -0.3 is 5.43 Å². The molecule has 0 saturated carbocycles. The zero-order valence-corrected chi connectivity index (χ0v) is 9.42. The van der Waals surface area contributed by atoms with E-state index in [4.69, 9.17) is 5.84 Å². The molecule has 0 aromatic carbocycles. The summed E-state index contributed by atoms with van der Waals surface area (Å²) in [6, 6.07) is 5.40. The Balaban J connectivity index is 2.31. The third-order valence-electron chi connectivity index (χ3n) is 2.27. The number of nitrogens with one attached hydrogen (secondary N) is 1. The Hall–Kier alpha value is -2.21. The Morgan fingerprint density at radius 1 is 1.47 bits per heavy atom. The number of nitrogen functional groups attached to an aromatic ring is 1. The number of aromatic nitrogens is 3. The third kappa shape index (κ3) is 2.67. The molecule has 2 aromatic rings. The topological polar surface area (TPSA) is 85.8 Å². The van der Waals surface area contributed by atoms with Gasteiger partial charge in [-0.15, -0.1) is 0 Å². The van der Waals surface area contributed by atoms with Crippen LogP contribution in [0.3, 0.4) is 0 Å². The molecule has 0 aliphatic rings. The van der Waals surface area contributed by atoms with Crippen LogP contribution in [0.5, 0.6) is 0 Å². The summed E-state index contributed by atoms with van der Waals surface area (Å²) < 4.78 is 1.51. The first-order valence-corrected chi connectivity index (χ1v) is 5.14. The van der Waals surface area contributed by atoms with Gasteiger partial charge in [0, 0.05) is 12.4 Å². The van der Waals surface area contributed by atoms with Crippen molar-refractivity contribution in [2.24, 2.45) is 5.84 Å². The van der Waals surface area contributed by atoms with Gasteiger partial charge in [0.2, 0.25) is 0 Å². The van der Waals surface area contributed by atoms with Crippen molar-refractivity contribution in [3.63, 3.8) is 0 Å². The molecule has 0 spiro atoms. The Kier molecular flexibility index (Phi) is 3.15. The van der Waals surface area contributed by atoms with Crippen LogP contribution in [0.2, 0.25) is 0 Å². The number of nitrogens with zero attached hydrogens (tertiary/aromatic N) is 3. The van der Waals surface area contributed by atoms with E-state index < -0.39 is 0 Å². The molecule has 6 heteroatoms. The molecule has 0 bridgehead atoms. The number of nitrogens with two attached hydrogens (primary N) is 1. The number of rotatable bonds is 3. The van der Waals surface area contributed by atoms with Crippen molar-refractivity contribution >= 4 is 5.82 Å². The molecule has 2 heterocycles.